The van der Waals surface area contributed by atoms with Crippen molar-refractivity contribution in [2.24, 2.45) is 0 Å². The van der Waals surface area contributed by atoms with Crippen LogP contribution in [0.1, 0.15) is 6.92 Å². The van der Waals surface area contributed by atoms with Gasteiger partial charge in [-0.3, -0.25) is 0 Å². The molecule has 0 saturated heterocycles. The van der Waals surface area contributed by atoms with E-state index in [0.29, 0.717) is 10.8 Å². The van der Waals surface area contributed by atoms with Gasteiger partial charge in [0.15, 0.2) is 0 Å². The van der Waals surface area contributed by atoms with Gasteiger partial charge in [-0.1, -0.05) is 11.6 Å². The number of aliphatic hydroxyl groups is 1. The minimum absolute atomic E-state index is 0.0302. The van der Waals surface area contributed by atoms with Crippen LogP contribution >= 0.6 is 11.6 Å². The Hall–Kier alpha value is -0.800. The number of anilines is 1. The predicted octanol–water partition coefficient (Wildman–Crippen LogP) is 1.53. The first-order valence-corrected chi connectivity index (χ1v) is 4.09. The van der Waals surface area contributed by atoms with Crippen molar-refractivity contribution >= 4 is 17.4 Å². The molecule has 1 unspecified atom stereocenters. The number of nitrogens with zero attached hydrogens (tertiary/aromatic N) is 1. The lowest BCUT2D eigenvalue weighted by atomic mass is 10.3. The van der Waals surface area contributed by atoms with Gasteiger partial charge in [-0.05, 0) is 19.1 Å². The normalized spacial score (nSPS) is 12.6. The second kappa shape index (κ2) is 4.28. The van der Waals surface area contributed by atoms with Crippen LogP contribution in [0, 0.1) is 0 Å². The number of nitrogens with one attached hydrogen (secondary N) is 1. The Labute approximate surface area is 76.4 Å². The molecule has 1 rings (SSSR count). The highest BCUT2D eigenvalue weighted by molar-refractivity contribution is 6.32. The van der Waals surface area contributed by atoms with Gasteiger partial charge in [-0.15, -0.1) is 0 Å². The van der Waals surface area contributed by atoms with Gasteiger partial charge in [0.1, 0.15) is 5.82 Å². The van der Waals surface area contributed by atoms with Crippen LogP contribution in [0.3, 0.4) is 0 Å². The molecule has 0 aromatic carbocycles. The molecule has 0 radical (unpaired) electrons. The molecular formula is C8H11ClN2O. The highest BCUT2D eigenvalue weighted by atomic mass is 35.5. The third kappa shape index (κ3) is 2.36. The number of pyridine rings is 1. The maximum absolute atomic E-state index is 8.75. The molecule has 0 aliphatic rings. The maximum Gasteiger partial charge on any atom is 0.145 e. The molecule has 0 spiro atoms. The summed E-state index contributed by atoms with van der Waals surface area (Å²) in [5.41, 5.74) is 0. The van der Waals surface area contributed by atoms with Crippen molar-refractivity contribution in [3.8, 4) is 0 Å². The van der Waals surface area contributed by atoms with Crippen LogP contribution in [0.25, 0.3) is 0 Å². The van der Waals surface area contributed by atoms with Crippen LogP contribution in [0.4, 0.5) is 5.82 Å². The van der Waals surface area contributed by atoms with E-state index in [2.05, 4.69) is 10.3 Å². The van der Waals surface area contributed by atoms with E-state index < -0.39 is 0 Å². The fourth-order valence-corrected chi connectivity index (χ4v) is 0.947. The smallest absolute Gasteiger partial charge is 0.145 e. The molecule has 0 amide bonds. The van der Waals surface area contributed by atoms with Gasteiger partial charge in [0.25, 0.3) is 0 Å². The van der Waals surface area contributed by atoms with Gasteiger partial charge in [-0.2, -0.15) is 0 Å². The SMILES string of the molecule is CC(CO)Nc1ncccc1Cl. The molecule has 1 aromatic heterocycles. The molecule has 0 fully saturated rings. The van der Waals surface area contributed by atoms with E-state index in [4.69, 9.17) is 16.7 Å². The molecule has 1 atom stereocenters. The van der Waals surface area contributed by atoms with E-state index in [1.165, 1.54) is 0 Å². The lowest BCUT2D eigenvalue weighted by Crippen LogP contribution is -2.20. The number of halogens is 1. The van der Waals surface area contributed by atoms with E-state index >= 15 is 0 Å². The predicted molar refractivity (Wildman–Crippen MR) is 49.4 cm³/mol. The van der Waals surface area contributed by atoms with Crippen molar-refractivity contribution in [2.45, 2.75) is 13.0 Å². The molecule has 3 nitrogen and oxygen atoms in total. The summed E-state index contributed by atoms with van der Waals surface area (Å²) in [6, 6.07) is 3.48. The van der Waals surface area contributed by atoms with E-state index in [0.717, 1.165) is 0 Å². The number of hydrogen-bond donors (Lipinski definition) is 2. The van der Waals surface area contributed by atoms with Crippen molar-refractivity contribution in [3.63, 3.8) is 0 Å². The maximum atomic E-state index is 8.75. The lowest BCUT2D eigenvalue weighted by molar-refractivity contribution is 0.281. The van der Waals surface area contributed by atoms with Crippen molar-refractivity contribution in [1.29, 1.82) is 0 Å². The van der Waals surface area contributed by atoms with Crippen molar-refractivity contribution < 1.29 is 5.11 Å². The van der Waals surface area contributed by atoms with Crippen LogP contribution in [-0.2, 0) is 0 Å². The first-order chi connectivity index (χ1) is 5.74. The van der Waals surface area contributed by atoms with Crippen molar-refractivity contribution in [3.05, 3.63) is 23.4 Å². The third-order valence-electron chi connectivity index (χ3n) is 1.42. The van der Waals surface area contributed by atoms with Gasteiger partial charge < -0.3 is 10.4 Å². The third-order valence-corrected chi connectivity index (χ3v) is 1.72. The van der Waals surface area contributed by atoms with E-state index in [9.17, 15) is 0 Å². The van der Waals surface area contributed by atoms with Gasteiger partial charge >= 0.3 is 0 Å². The van der Waals surface area contributed by atoms with Crippen molar-refractivity contribution in [2.75, 3.05) is 11.9 Å². The summed E-state index contributed by atoms with van der Waals surface area (Å²) in [6.07, 6.45) is 1.65. The topological polar surface area (TPSA) is 45.1 Å². The zero-order chi connectivity index (χ0) is 8.97. The molecule has 1 aromatic rings. The monoisotopic (exact) mass is 186 g/mol. The molecule has 2 N–H and O–H groups in total. The number of rotatable bonds is 3. The molecule has 4 heteroatoms. The minimum Gasteiger partial charge on any atom is -0.394 e. The molecule has 0 aliphatic heterocycles. The molecule has 0 bridgehead atoms. The summed E-state index contributed by atoms with van der Waals surface area (Å²) in [5.74, 6) is 0.612. The van der Waals surface area contributed by atoms with Gasteiger partial charge in [0, 0.05) is 12.2 Å². The Morgan fingerprint density at radius 1 is 1.75 bits per heavy atom. The molecular weight excluding hydrogens is 176 g/mol. The molecule has 1 heterocycles. The zero-order valence-electron chi connectivity index (χ0n) is 6.79. The molecule has 0 aliphatic carbocycles. The lowest BCUT2D eigenvalue weighted by Gasteiger charge is -2.11. The van der Waals surface area contributed by atoms with E-state index in [-0.39, 0.29) is 12.6 Å². The Bertz CT molecular complexity index is 255. The Kier molecular flexibility index (Phi) is 3.31. The Balaban J connectivity index is 2.69. The summed E-state index contributed by atoms with van der Waals surface area (Å²) in [5, 5.41) is 12.3. The van der Waals surface area contributed by atoms with Gasteiger partial charge in [0.2, 0.25) is 0 Å². The van der Waals surface area contributed by atoms with Gasteiger partial charge in [0.05, 0.1) is 11.6 Å². The van der Waals surface area contributed by atoms with Crippen LogP contribution in [0.5, 0.6) is 0 Å². The molecule has 0 saturated carbocycles. The largest absolute Gasteiger partial charge is 0.394 e. The number of hydrogen-bond acceptors (Lipinski definition) is 3. The minimum atomic E-state index is -0.0302. The van der Waals surface area contributed by atoms with Gasteiger partial charge in [-0.25, -0.2) is 4.98 Å². The second-order valence-electron chi connectivity index (χ2n) is 2.56. The first-order valence-electron chi connectivity index (χ1n) is 3.72. The van der Waals surface area contributed by atoms with Crippen LogP contribution < -0.4 is 5.32 Å². The first kappa shape index (κ1) is 9.29. The summed E-state index contributed by atoms with van der Waals surface area (Å²) in [4.78, 5) is 4.01. The van der Waals surface area contributed by atoms with Crippen LogP contribution in [-0.4, -0.2) is 22.7 Å². The van der Waals surface area contributed by atoms with E-state index in [1.54, 1.807) is 18.3 Å². The Morgan fingerprint density at radius 3 is 3.08 bits per heavy atom. The quantitative estimate of drug-likeness (QED) is 0.753. The summed E-state index contributed by atoms with van der Waals surface area (Å²) >= 11 is 5.82. The fraction of sp³-hybridized carbons (Fsp3) is 0.375. The summed E-state index contributed by atoms with van der Waals surface area (Å²) < 4.78 is 0. The average molecular weight is 187 g/mol. The Morgan fingerprint density at radius 2 is 2.50 bits per heavy atom. The number of aromatic nitrogens is 1. The zero-order valence-corrected chi connectivity index (χ0v) is 7.54. The highest BCUT2D eigenvalue weighted by Gasteiger charge is 2.03. The van der Waals surface area contributed by atoms with E-state index in [1.807, 2.05) is 6.92 Å². The fourth-order valence-electron chi connectivity index (χ4n) is 0.771. The second-order valence-corrected chi connectivity index (χ2v) is 2.97. The summed E-state index contributed by atoms with van der Waals surface area (Å²) in [6.45, 7) is 1.91. The molecule has 12 heavy (non-hydrogen) atoms. The van der Waals surface area contributed by atoms with Crippen molar-refractivity contribution in [1.82, 2.24) is 4.98 Å². The summed E-state index contributed by atoms with van der Waals surface area (Å²) in [7, 11) is 0. The molecule has 66 valence electrons. The highest BCUT2D eigenvalue weighted by Crippen LogP contribution is 2.17. The standard InChI is InChI=1S/C8H11ClN2O/c1-6(5-12)11-8-7(9)3-2-4-10-8/h2-4,6,12H,5H2,1H3,(H,10,11). The number of aliphatic hydroxyl groups excluding tert-OH is 1. The average Bonchev–Trinajstić information content (AvgIpc) is 2.09. The van der Waals surface area contributed by atoms with Crippen LogP contribution in [0.2, 0.25) is 5.02 Å². The van der Waals surface area contributed by atoms with Crippen LogP contribution in [0.15, 0.2) is 18.3 Å².